The van der Waals surface area contributed by atoms with Crippen LogP contribution >= 0.6 is 0 Å². The molecule has 27 heavy (non-hydrogen) atoms. The Morgan fingerprint density at radius 3 is 2.19 bits per heavy atom. The van der Waals surface area contributed by atoms with E-state index in [1.54, 1.807) is 38.1 Å². The van der Waals surface area contributed by atoms with Gasteiger partial charge in [0.15, 0.2) is 0 Å². The Balaban J connectivity index is 2.64. The smallest absolute Gasteiger partial charge is 0.408 e. The summed E-state index contributed by atoms with van der Waals surface area (Å²) in [7, 11) is 0. The molecule has 1 rings (SSSR count). The van der Waals surface area contributed by atoms with E-state index >= 15 is 0 Å². The number of hydrogen-bond acceptors (Lipinski definition) is 5. The van der Waals surface area contributed by atoms with Gasteiger partial charge in [0.05, 0.1) is 0 Å². The number of amides is 2. The van der Waals surface area contributed by atoms with E-state index in [-0.39, 0.29) is 18.9 Å². The summed E-state index contributed by atoms with van der Waals surface area (Å²) in [6.45, 7) is 3.37. The van der Waals surface area contributed by atoms with Crippen LogP contribution in [0.5, 0.6) is 0 Å². The number of nitrogens with one attached hydrogen (secondary N) is 2. The summed E-state index contributed by atoms with van der Waals surface area (Å²) in [4.78, 5) is 46.1. The van der Waals surface area contributed by atoms with Crippen LogP contribution in [0.4, 0.5) is 4.79 Å². The van der Waals surface area contributed by atoms with Crippen molar-refractivity contribution in [3.05, 3.63) is 35.9 Å². The highest BCUT2D eigenvalue weighted by Crippen LogP contribution is 2.06. The third-order valence-electron chi connectivity index (χ3n) is 3.70. The molecule has 1 aromatic rings. The minimum absolute atomic E-state index is 0.0233. The van der Waals surface area contributed by atoms with E-state index in [1.807, 2.05) is 6.07 Å². The topological polar surface area (TPSA) is 142 Å². The van der Waals surface area contributed by atoms with Crippen molar-refractivity contribution >= 4 is 23.9 Å². The summed E-state index contributed by atoms with van der Waals surface area (Å²) in [5.74, 6) is -3.58. The highest BCUT2D eigenvalue weighted by atomic mass is 16.5. The quantitative estimate of drug-likeness (QED) is 0.480. The van der Waals surface area contributed by atoms with Crippen LogP contribution in [-0.2, 0) is 25.7 Å². The van der Waals surface area contributed by atoms with Crippen LogP contribution < -0.4 is 10.6 Å². The largest absolute Gasteiger partial charge is 0.481 e. The molecule has 9 nitrogen and oxygen atoms in total. The maximum atomic E-state index is 12.4. The molecule has 0 unspecified atom stereocenters. The Kier molecular flexibility index (Phi) is 8.77. The van der Waals surface area contributed by atoms with Gasteiger partial charge in [0.1, 0.15) is 18.7 Å². The highest BCUT2D eigenvalue weighted by Gasteiger charge is 2.29. The second kappa shape index (κ2) is 10.8. The number of alkyl carbamates (subject to hydrolysis) is 1. The number of hydrogen-bond donors (Lipinski definition) is 4. The molecule has 4 N–H and O–H groups in total. The van der Waals surface area contributed by atoms with Gasteiger partial charge >= 0.3 is 18.0 Å². The fourth-order valence-corrected chi connectivity index (χ4v) is 2.21. The Labute approximate surface area is 156 Å². The first-order chi connectivity index (χ1) is 12.7. The Morgan fingerprint density at radius 1 is 1.04 bits per heavy atom. The van der Waals surface area contributed by atoms with Gasteiger partial charge in [0, 0.05) is 6.42 Å². The minimum Gasteiger partial charge on any atom is -0.481 e. The molecular formula is C18H24N2O7. The van der Waals surface area contributed by atoms with Crippen molar-refractivity contribution in [3.63, 3.8) is 0 Å². The molecule has 148 valence electrons. The fraction of sp³-hybridized carbons (Fsp3) is 0.444. The average Bonchev–Trinajstić information content (AvgIpc) is 2.61. The van der Waals surface area contributed by atoms with Crippen molar-refractivity contribution in [1.29, 1.82) is 0 Å². The molecule has 9 heteroatoms. The second-order valence-corrected chi connectivity index (χ2v) is 6.26. The number of carboxylic acids is 2. The number of ether oxygens (including phenoxy) is 1. The van der Waals surface area contributed by atoms with Gasteiger partial charge in [0.2, 0.25) is 5.91 Å². The summed E-state index contributed by atoms with van der Waals surface area (Å²) in [6.07, 6.45) is -1.49. The molecule has 0 aliphatic carbocycles. The number of aliphatic carboxylic acids is 2. The lowest BCUT2D eigenvalue weighted by atomic mass is 10.0. The molecule has 2 amide bonds. The van der Waals surface area contributed by atoms with Crippen molar-refractivity contribution in [2.24, 2.45) is 5.92 Å². The maximum absolute atomic E-state index is 12.4. The number of benzene rings is 1. The lowest BCUT2D eigenvalue weighted by Crippen LogP contribution is -2.53. The van der Waals surface area contributed by atoms with E-state index in [2.05, 4.69) is 10.6 Å². The highest BCUT2D eigenvalue weighted by molar-refractivity contribution is 5.89. The van der Waals surface area contributed by atoms with Crippen molar-refractivity contribution in [2.45, 2.75) is 45.4 Å². The molecule has 0 aliphatic heterocycles. The summed E-state index contributed by atoms with van der Waals surface area (Å²) in [5, 5.41) is 22.5. The van der Waals surface area contributed by atoms with Crippen LogP contribution in [0.15, 0.2) is 30.3 Å². The molecule has 0 aromatic heterocycles. The van der Waals surface area contributed by atoms with Crippen LogP contribution in [0.3, 0.4) is 0 Å². The zero-order valence-electron chi connectivity index (χ0n) is 15.2. The molecule has 1 aromatic carbocycles. The van der Waals surface area contributed by atoms with Gasteiger partial charge in [-0.3, -0.25) is 9.59 Å². The lowest BCUT2D eigenvalue weighted by molar-refractivity contribution is -0.143. The monoisotopic (exact) mass is 380 g/mol. The van der Waals surface area contributed by atoms with E-state index in [1.165, 1.54) is 0 Å². The van der Waals surface area contributed by atoms with E-state index in [0.29, 0.717) is 0 Å². The Morgan fingerprint density at radius 2 is 1.67 bits per heavy atom. The average molecular weight is 380 g/mol. The molecule has 0 fully saturated rings. The van der Waals surface area contributed by atoms with Crippen LogP contribution in [0.1, 0.15) is 32.3 Å². The van der Waals surface area contributed by atoms with Gasteiger partial charge in [-0.2, -0.15) is 0 Å². The summed E-state index contributed by atoms with van der Waals surface area (Å²) >= 11 is 0. The van der Waals surface area contributed by atoms with E-state index in [9.17, 15) is 19.2 Å². The van der Waals surface area contributed by atoms with Crippen LogP contribution in [-0.4, -0.2) is 46.2 Å². The third-order valence-corrected chi connectivity index (χ3v) is 3.70. The molecule has 0 spiro atoms. The lowest BCUT2D eigenvalue weighted by Gasteiger charge is -2.23. The Bertz CT molecular complexity index is 661. The predicted octanol–water partition coefficient (Wildman–Crippen LogP) is 1.37. The van der Waals surface area contributed by atoms with Crippen molar-refractivity contribution in [2.75, 3.05) is 0 Å². The summed E-state index contributed by atoms with van der Waals surface area (Å²) in [6, 6.07) is 6.58. The second-order valence-electron chi connectivity index (χ2n) is 6.26. The van der Waals surface area contributed by atoms with Crippen molar-refractivity contribution in [1.82, 2.24) is 10.6 Å². The van der Waals surface area contributed by atoms with Gasteiger partial charge < -0.3 is 25.6 Å². The Hall–Kier alpha value is -3.10. The first-order valence-electron chi connectivity index (χ1n) is 8.43. The van der Waals surface area contributed by atoms with Crippen LogP contribution in [0.2, 0.25) is 0 Å². The molecule has 0 saturated heterocycles. The SMILES string of the molecule is CC(C)[C@H](NC(=O)OCc1ccccc1)C(=O)N[C@@H](CCC(=O)O)C(=O)O. The number of rotatable bonds is 10. The molecule has 0 heterocycles. The van der Waals surface area contributed by atoms with E-state index in [4.69, 9.17) is 14.9 Å². The molecule has 0 saturated carbocycles. The summed E-state index contributed by atoms with van der Waals surface area (Å²) < 4.78 is 5.07. The first-order valence-corrected chi connectivity index (χ1v) is 8.43. The van der Waals surface area contributed by atoms with Gasteiger partial charge in [-0.05, 0) is 17.9 Å². The van der Waals surface area contributed by atoms with Crippen LogP contribution in [0, 0.1) is 5.92 Å². The first kappa shape index (κ1) is 21.9. The number of carbonyl (C=O) groups excluding carboxylic acids is 2. The summed E-state index contributed by atoms with van der Waals surface area (Å²) in [5.41, 5.74) is 0.776. The van der Waals surface area contributed by atoms with Crippen molar-refractivity contribution in [3.8, 4) is 0 Å². The molecule has 0 radical (unpaired) electrons. The van der Waals surface area contributed by atoms with Gasteiger partial charge in [-0.25, -0.2) is 9.59 Å². The maximum Gasteiger partial charge on any atom is 0.408 e. The van der Waals surface area contributed by atoms with E-state index in [0.717, 1.165) is 5.56 Å². The van der Waals surface area contributed by atoms with Gasteiger partial charge in [0.25, 0.3) is 0 Å². The normalized spacial score (nSPS) is 12.7. The van der Waals surface area contributed by atoms with Gasteiger partial charge in [-0.1, -0.05) is 44.2 Å². The van der Waals surface area contributed by atoms with Gasteiger partial charge in [-0.15, -0.1) is 0 Å². The fourth-order valence-electron chi connectivity index (χ4n) is 2.21. The predicted molar refractivity (Wildman–Crippen MR) is 94.8 cm³/mol. The van der Waals surface area contributed by atoms with Crippen LogP contribution in [0.25, 0.3) is 0 Å². The molecular weight excluding hydrogens is 356 g/mol. The molecule has 0 bridgehead atoms. The zero-order chi connectivity index (χ0) is 20.4. The van der Waals surface area contributed by atoms with Crippen molar-refractivity contribution < 1.29 is 34.1 Å². The zero-order valence-corrected chi connectivity index (χ0v) is 15.2. The minimum atomic E-state index is -1.36. The standard InChI is InChI=1S/C18H24N2O7/c1-11(2)15(16(23)19-13(17(24)25)8-9-14(21)22)20-18(26)27-10-12-6-4-3-5-7-12/h3-7,11,13,15H,8-10H2,1-2H3,(H,19,23)(H,20,26)(H,21,22)(H,24,25)/t13-,15-/m0/s1. The third kappa shape index (κ3) is 8.21. The number of carboxylic acid groups (broad SMARTS) is 2. The van der Waals surface area contributed by atoms with E-state index < -0.39 is 42.4 Å². The molecule has 0 aliphatic rings. The molecule has 2 atom stereocenters. The number of carbonyl (C=O) groups is 4.